The largest absolute Gasteiger partial charge is 0.369 e. The number of piperidine rings is 1. The molecule has 3 nitrogen and oxygen atoms in total. The molecule has 2 unspecified atom stereocenters. The highest BCUT2D eigenvalue weighted by Crippen LogP contribution is 2.42. The molecule has 5 heteroatoms. The second-order valence-corrected chi connectivity index (χ2v) is 7.91. The van der Waals surface area contributed by atoms with Crippen molar-refractivity contribution in [2.45, 2.75) is 39.2 Å². The van der Waals surface area contributed by atoms with Crippen LogP contribution in [-0.4, -0.2) is 29.7 Å². The molecule has 2 fully saturated rings. The van der Waals surface area contributed by atoms with E-state index >= 15 is 0 Å². The zero-order valence-corrected chi connectivity index (χ0v) is 16.5. The predicted octanol–water partition coefficient (Wildman–Crippen LogP) is 4.48. The predicted molar refractivity (Wildman–Crippen MR) is 107 cm³/mol. The highest BCUT2D eigenvalue weighted by atomic mass is 127. The van der Waals surface area contributed by atoms with Crippen LogP contribution in [0.2, 0.25) is 0 Å². The fraction of sp³-hybridized carbons (Fsp3) is 0.526. The van der Waals surface area contributed by atoms with Crippen LogP contribution in [0.3, 0.4) is 0 Å². The lowest BCUT2D eigenvalue weighted by atomic mass is 9.88. The fourth-order valence-electron chi connectivity index (χ4n) is 3.82. The molecular formula is C19H25FIN3. The first-order chi connectivity index (χ1) is 11.5. The van der Waals surface area contributed by atoms with Gasteiger partial charge in [-0.3, -0.25) is 4.99 Å². The minimum atomic E-state index is -0.274. The summed E-state index contributed by atoms with van der Waals surface area (Å²) in [6.07, 6.45) is 8.86. The molecule has 0 bridgehead atoms. The molecule has 0 amide bonds. The van der Waals surface area contributed by atoms with E-state index in [0.717, 1.165) is 42.3 Å². The molecule has 2 N–H and O–H groups in total. The van der Waals surface area contributed by atoms with Crippen LogP contribution < -0.4 is 5.73 Å². The van der Waals surface area contributed by atoms with E-state index < -0.39 is 0 Å². The van der Waals surface area contributed by atoms with Crippen LogP contribution >= 0.6 is 22.6 Å². The molecule has 2 atom stereocenters. The number of rotatable bonds is 3. The Hall–Kier alpha value is -0.950. The molecule has 2 aliphatic carbocycles. The summed E-state index contributed by atoms with van der Waals surface area (Å²) in [4.78, 5) is 6.70. The summed E-state index contributed by atoms with van der Waals surface area (Å²) in [7, 11) is 0. The van der Waals surface area contributed by atoms with E-state index in [-0.39, 0.29) is 11.9 Å². The Balaban J connectivity index is 1.94. The summed E-state index contributed by atoms with van der Waals surface area (Å²) in [5.41, 5.74) is 9.82. The lowest BCUT2D eigenvalue weighted by Gasteiger charge is -2.40. The first-order valence-corrected chi connectivity index (χ1v) is 9.85. The van der Waals surface area contributed by atoms with Crippen molar-refractivity contribution in [2.75, 3.05) is 13.1 Å². The fourth-order valence-corrected chi connectivity index (χ4v) is 3.99. The van der Waals surface area contributed by atoms with Gasteiger partial charge >= 0.3 is 0 Å². The van der Waals surface area contributed by atoms with Crippen LogP contribution in [0.5, 0.6) is 0 Å². The van der Waals surface area contributed by atoms with Gasteiger partial charge in [0.15, 0.2) is 0 Å². The van der Waals surface area contributed by atoms with Crippen molar-refractivity contribution in [3.05, 3.63) is 45.1 Å². The smallest absolute Gasteiger partial charge is 0.149 e. The first kappa shape index (κ1) is 17.9. The van der Waals surface area contributed by atoms with Crippen LogP contribution in [0.1, 0.15) is 33.1 Å². The molecule has 3 aliphatic rings. The molecule has 3 rings (SSSR count). The molecule has 1 saturated heterocycles. The van der Waals surface area contributed by atoms with E-state index in [1.807, 2.05) is 19.9 Å². The molecule has 24 heavy (non-hydrogen) atoms. The Morgan fingerprint density at radius 3 is 2.67 bits per heavy atom. The van der Waals surface area contributed by atoms with Crippen molar-refractivity contribution in [1.29, 1.82) is 0 Å². The third-order valence-electron chi connectivity index (χ3n) is 5.01. The lowest BCUT2D eigenvalue weighted by Crippen LogP contribution is -2.47. The standard InChI is InChI=1S/C19H25FIN3/c1-12(2)18-17(6-5-16(20)19(18)23-8-7-21)24-10-14(13-3-4-13)9-15(22)11-24/h5-8,13-15H,3-4,9-11,22H2,1-2H3/b8-7-,23-19?. The van der Waals surface area contributed by atoms with E-state index in [0.29, 0.717) is 11.6 Å². The number of halogens is 2. The molecule has 130 valence electrons. The van der Waals surface area contributed by atoms with Gasteiger partial charge in [-0.1, -0.05) is 28.2 Å². The monoisotopic (exact) mass is 441 g/mol. The van der Waals surface area contributed by atoms with Gasteiger partial charge in [-0.15, -0.1) is 0 Å². The first-order valence-electron chi connectivity index (χ1n) is 8.61. The molecule has 0 aromatic carbocycles. The number of allylic oxidation sites excluding steroid dienone is 5. The van der Waals surface area contributed by atoms with Crippen molar-refractivity contribution in [2.24, 2.45) is 22.6 Å². The molecular weight excluding hydrogens is 416 g/mol. The van der Waals surface area contributed by atoms with Gasteiger partial charge in [0.2, 0.25) is 0 Å². The Bertz CT molecular complexity index is 652. The van der Waals surface area contributed by atoms with Gasteiger partial charge < -0.3 is 10.6 Å². The van der Waals surface area contributed by atoms with Gasteiger partial charge in [-0.2, -0.15) is 0 Å². The average Bonchev–Trinajstić information content (AvgIpc) is 3.37. The molecule has 0 radical (unpaired) electrons. The normalized spacial score (nSPS) is 30.0. The van der Waals surface area contributed by atoms with E-state index in [2.05, 4.69) is 32.5 Å². The average molecular weight is 441 g/mol. The topological polar surface area (TPSA) is 41.6 Å². The summed E-state index contributed by atoms with van der Waals surface area (Å²) in [6, 6.07) is 0.189. The van der Waals surface area contributed by atoms with Crippen molar-refractivity contribution >= 4 is 28.3 Å². The molecule has 1 heterocycles. The van der Waals surface area contributed by atoms with Crippen molar-refractivity contribution in [3.63, 3.8) is 0 Å². The summed E-state index contributed by atoms with van der Waals surface area (Å²) in [6.45, 7) is 5.89. The second kappa shape index (κ2) is 7.52. The number of hydrogen-bond donors (Lipinski definition) is 1. The van der Waals surface area contributed by atoms with Crippen LogP contribution in [0.25, 0.3) is 0 Å². The van der Waals surface area contributed by atoms with Crippen LogP contribution in [0.4, 0.5) is 4.39 Å². The Morgan fingerprint density at radius 2 is 2.04 bits per heavy atom. The van der Waals surface area contributed by atoms with Crippen molar-refractivity contribution in [1.82, 2.24) is 4.90 Å². The number of aliphatic imine (C=N–C) groups is 1. The Morgan fingerprint density at radius 1 is 1.29 bits per heavy atom. The number of likely N-dealkylation sites (tertiary alicyclic amines) is 1. The number of nitrogens with zero attached hydrogens (tertiary/aromatic N) is 2. The summed E-state index contributed by atoms with van der Waals surface area (Å²) >= 11 is 2.10. The molecule has 0 aromatic rings. The lowest BCUT2D eigenvalue weighted by molar-refractivity contribution is 0.183. The van der Waals surface area contributed by atoms with Crippen molar-refractivity contribution in [3.8, 4) is 0 Å². The van der Waals surface area contributed by atoms with Crippen molar-refractivity contribution < 1.29 is 4.39 Å². The van der Waals surface area contributed by atoms with Gasteiger partial charge in [0, 0.05) is 36.6 Å². The third kappa shape index (κ3) is 3.82. The van der Waals surface area contributed by atoms with Gasteiger partial charge in [0.05, 0.1) is 0 Å². The Kier molecular flexibility index (Phi) is 5.59. The minimum absolute atomic E-state index is 0.189. The van der Waals surface area contributed by atoms with Crippen LogP contribution in [0.15, 0.2) is 50.1 Å². The third-order valence-corrected chi connectivity index (χ3v) is 5.33. The molecule has 1 saturated carbocycles. The second-order valence-electron chi connectivity index (χ2n) is 7.19. The molecule has 1 aliphatic heterocycles. The van der Waals surface area contributed by atoms with E-state index in [4.69, 9.17) is 5.73 Å². The number of hydrogen-bond acceptors (Lipinski definition) is 3. The van der Waals surface area contributed by atoms with Crippen LogP contribution in [-0.2, 0) is 0 Å². The SMILES string of the molecule is CC(C)=C1C(N2CC(N)CC(C3CC3)C2)=CC=C(F)C1=N/C=C\I. The maximum Gasteiger partial charge on any atom is 0.149 e. The van der Waals surface area contributed by atoms with Crippen LogP contribution in [0, 0.1) is 11.8 Å². The summed E-state index contributed by atoms with van der Waals surface area (Å²) < 4.78 is 16.2. The van der Waals surface area contributed by atoms with Gasteiger partial charge in [-0.25, -0.2) is 4.39 Å². The summed E-state index contributed by atoms with van der Waals surface area (Å²) in [5, 5.41) is 0. The highest BCUT2D eigenvalue weighted by Gasteiger charge is 2.38. The highest BCUT2D eigenvalue weighted by molar-refractivity contribution is 14.1. The van der Waals surface area contributed by atoms with Gasteiger partial charge in [0.25, 0.3) is 0 Å². The van der Waals surface area contributed by atoms with E-state index in [9.17, 15) is 4.39 Å². The maximum atomic E-state index is 14.4. The summed E-state index contributed by atoms with van der Waals surface area (Å²) in [5.74, 6) is 1.23. The maximum absolute atomic E-state index is 14.4. The van der Waals surface area contributed by atoms with Gasteiger partial charge in [0.1, 0.15) is 11.5 Å². The Labute approximate surface area is 157 Å². The van der Waals surface area contributed by atoms with E-state index in [1.165, 1.54) is 18.9 Å². The molecule has 0 aromatic heterocycles. The van der Waals surface area contributed by atoms with E-state index in [1.54, 1.807) is 10.3 Å². The minimum Gasteiger partial charge on any atom is -0.369 e. The quantitative estimate of drug-likeness (QED) is 0.657. The molecule has 0 spiro atoms. The van der Waals surface area contributed by atoms with Gasteiger partial charge in [-0.05, 0) is 61.2 Å². The zero-order chi connectivity index (χ0) is 17.3. The zero-order valence-electron chi connectivity index (χ0n) is 14.3. The number of nitrogens with two attached hydrogens (primary N) is 1.